The zero-order valence-electron chi connectivity index (χ0n) is 18.3. The van der Waals surface area contributed by atoms with E-state index in [9.17, 15) is 5.11 Å². The first-order valence-corrected chi connectivity index (χ1v) is 10.5. The van der Waals surface area contributed by atoms with Crippen LogP contribution in [0.15, 0.2) is 47.0 Å². The fraction of sp³-hybridized carbons (Fsp3) is 0.375. The van der Waals surface area contributed by atoms with Crippen LogP contribution in [0.25, 0.3) is 22.5 Å². The molecule has 0 spiro atoms. The summed E-state index contributed by atoms with van der Waals surface area (Å²) >= 11 is 0. The second-order valence-corrected chi connectivity index (χ2v) is 7.87. The van der Waals surface area contributed by atoms with Gasteiger partial charge in [0.05, 0.1) is 23.9 Å². The van der Waals surface area contributed by atoms with E-state index in [1.54, 1.807) is 13.2 Å². The number of aromatic nitrogens is 1. The first-order chi connectivity index (χ1) is 15.0. The zero-order chi connectivity index (χ0) is 21.8. The summed E-state index contributed by atoms with van der Waals surface area (Å²) < 4.78 is 16.7. The lowest BCUT2D eigenvalue weighted by Gasteiger charge is -2.32. The largest absolute Gasteiger partial charge is 0.507 e. The van der Waals surface area contributed by atoms with Gasteiger partial charge in [-0.25, -0.2) is 0 Å². The lowest BCUT2D eigenvalue weighted by atomic mass is 9.99. The van der Waals surface area contributed by atoms with Gasteiger partial charge in [-0.05, 0) is 43.8 Å². The molecule has 0 aliphatic carbocycles. The molecule has 0 bridgehead atoms. The zero-order valence-corrected chi connectivity index (χ0v) is 18.3. The van der Waals surface area contributed by atoms with Crippen LogP contribution in [0.3, 0.4) is 0 Å². The summed E-state index contributed by atoms with van der Waals surface area (Å²) in [5.41, 5.74) is 3.13. The second kappa shape index (κ2) is 9.41. The third-order valence-electron chi connectivity index (χ3n) is 5.73. The maximum Gasteiger partial charge on any atom is 0.178 e. The number of aryl methyl sites for hydroxylation is 1. The van der Waals surface area contributed by atoms with Crippen LogP contribution in [-0.2, 0) is 0 Å². The highest BCUT2D eigenvalue weighted by atomic mass is 16.5. The van der Waals surface area contributed by atoms with Gasteiger partial charge in [0.25, 0.3) is 0 Å². The Morgan fingerprint density at radius 2 is 1.74 bits per heavy atom. The molecule has 7 nitrogen and oxygen atoms in total. The molecule has 1 N–H and O–H groups in total. The number of ether oxygens (including phenoxy) is 2. The number of piperazine rings is 1. The molecule has 1 aliphatic rings. The Kier molecular flexibility index (Phi) is 6.44. The van der Waals surface area contributed by atoms with Gasteiger partial charge in [-0.2, -0.15) is 0 Å². The van der Waals surface area contributed by atoms with E-state index < -0.39 is 0 Å². The highest BCUT2D eigenvalue weighted by Crippen LogP contribution is 2.40. The molecule has 3 aromatic rings. The predicted octanol–water partition coefficient (Wildman–Crippen LogP) is 3.66. The summed E-state index contributed by atoms with van der Waals surface area (Å²) in [6.07, 6.45) is 0. The fourth-order valence-electron chi connectivity index (χ4n) is 3.81. The molecule has 0 amide bonds. The van der Waals surface area contributed by atoms with Crippen molar-refractivity contribution in [3.05, 3.63) is 48.2 Å². The Hall–Kier alpha value is -3.03. The van der Waals surface area contributed by atoms with Crippen LogP contribution in [0.5, 0.6) is 17.2 Å². The molecule has 31 heavy (non-hydrogen) atoms. The molecule has 7 heteroatoms. The smallest absolute Gasteiger partial charge is 0.178 e. The number of likely N-dealkylation sites (N-methyl/N-ethyl adjacent to an activating group) is 1. The number of rotatable bonds is 7. The van der Waals surface area contributed by atoms with Crippen LogP contribution in [-0.4, -0.2) is 73.6 Å². The van der Waals surface area contributed by atoms with Gasteiger partial charge in [-0.15, -0.1) is 0 Å². The Morgan fingerprint density at radius 1 is 1.03 bits per heavy atom. The number of phenols is 1. The van der Waals surface area contributed by atoms with Crippen molar-refractivity contribution in [3.63, 3.8) is 0 Å². The van der Waals surface area contributed by atoms with Crippen molar-refractivity contribution in [2.45, 2.75) is 6.92 Å². The minimum absolute atomic E-state index is 0.100. The maximum absolute atomic E-state index is 10.7. The Labute approximate surface area is 182 Å². The Balaban J connectivity index is 1.47. The summed E-state index contributed by atoms with van der Waals surface area (Å²) in [5, 5.41) is 14.8. The number of phenolic OH excluding ortho intramolecular Hbond substituents is 1. The summed E-state index contributed by atoms with van der Waals surface area (Å²) in [4.78, 5) is 4.73. The van der Waals surface area contributed by atoms with Crippen LogP contribution < -0.4 is 9.47 Å². The third kappa shape index (κ3) is 4.84. The van der Waals surface area contributed by atoms with Crippen molar-refractivity contribution in [2.24, 2.45) is 0 Å². The number of hydrogen-bond acceptors (Lipinski definition) is 7. The first-order valence-electron chi connectivity index (χ1n) is 10.5. The van der Waals surface area contributed by atoms with Gasteiger partial charge in [0.2, 0.25) is 0 Å². The van der Waals surface area contributed by atoms with Gasteiger partial charge in [-0.3, -0.25) is 4.90 Å². The third-order valence-corrected chi connectivity index (χ3v) is 5.73. The van der Waals surface area contributed by atoms with E-state index in [-0.39, 0.29) is 5.75 Å². The summed E-state index contributed by atoms with van der Waals surface area (Å²) in [6, 6.07) is 13.0. The van der Waals surface area contributed by atoms with E-state index in [1.807, 2.05) is 43.3 Å². The number of methoxy groups -OCH3 is 1. The molecule has 0 atom stereocenters. The van der Waals surface area contributed by atoms with Crippen molar-refractivity contribution in [1.82, 2.24) is 15.0 Å². The predicted molar refractivity (Wildman–Crippen MR) is 120 cm³/mol. The standard InChI is InChI=1S/C24H29N3O4/c1-17-23(18-4-6-19(29-3)7-5-18)24(31-25-17)21-9-8-20(16-22(21)28)30-15-14-27-12-10-26(2)11-13-27/h4-9,16,28H,10-15H2,1-3H3. The van der Waals surface area contributed by atoms with E-state index >= 15 is 0 Å². The molecule has 1 fully saturated rings. The molecule has 1 aromatic heterocycles. The van der Waals surface area contributed by atoms with Gasteiger partial charge in [0, 0.05) is 38.8 Å². The molecule has 0 saturated carbocycles. The van der Waals surface area contributed by atoms with Gasteiger partial charge < -0.3 is 24.0 Å². The van der Waals surface area contributed by atoms with Crippen molar-refractivity contribution in [2.75, 3.05) is 53.5 Å². The van der Waals surface area contributed by atoms with Gasteiger partial charge in [-0.1, -0.05) is 17.3 Å². The van der Waals surface area contributed by atoms with E-state index in [0.717, 1.165) is 55.3 Å². The molecule has 2 aromatic carbocycles. The number of benzene rings is 2. The number of hydrogen-bond donors (Lipinski definition) is 1. The van der Waals surface area contributed by atoms with Crippen LogP contribution in [0.4, 0.5) is 0 Å². The topological polar surface area (TPSA) is 71.2 Å². The van der Waals surface area contributed by atoms with Gasteiger partial charge >= 0.3 is 0 Å². The molecule has 0 unspecified atom stereocenters. The van der Waals surface area contributed by atoms with Crippen molar-refractivity contribution in [1.29, 1.82) is 0 Å². The summed E-state index contributed by atoms with van der Waals surface area (Å²) in [7, 11) is 3.78. The lowest BCUT2D eigenvalue weighted by molar-refractivity contribution is 0.133. The van der Waals surface area contributed by atoms with Crippen molar-refractivity contribution < 1.29 is 19.1 Å². The minimum atomic E-state index is 0.100. The van der Waals surface area contributed by atoms with Crippen molar-refractivity contribution >= 4 is 0 Å². The summed E-state index contributed by atoms with van der Waals surface area (Å²) in [6.45, 7) is 7.64. The Morgan fingerprint density at radius 3 is 2.42 bits per heavy atom. The van der Waals surface area contributed by atoms with Crippen LogP contribution in [0.2, 0.25) is 0 Å². The Bertz CT molecular complexity index is 1010. The van der Waals surface area contributed by atoms with E-state index in [0.29, 0.717) is 23.7 Å². The molecule has 164 valence electrons. The molecule has 1 saturated heterocycles. The lowest BCUT2D eigenvalue weighted by Crippen LogP contribution is -2.45. The van der Waals surface area contributed by atoms with Gasteiger partial charge in [0.1, 0.15) is 23.9 Å². The van der Waals surface area contributed by atoms with Crippen LogP contribution in [0.1, 0.15) is 5.69 Å². The average Bonchev–Trinajstić information content (AvgIpc) is 3.16. The number of aromatic hydroxyl groups is 1. The molecule has 1 aliphatic heterocycles. The average molecular weight is 424 g/mol. The molecule has 0 radical (unpaired) electrons. The van der Waals surface area contributed by atoms with Crippen molar-refractivity contribution in [3.8, 4) is 39.7 Å². The molecule has 4 rings (SSSR count). The molecular weight excluding hydrogens is 394 g/mol. The fourth-order valence-corrected chi connectivity index (χ4v) is 3.81. The highest BCUT2D eigenvalue weighted by molar-refractivity contribution is 5.84. The second-order valence-electron chi connectivity index (χ2n) is 7.87. The normalized spacial score (nSPS) is 15.2. The monoisotopic (exact) mass is 423 g/mol. The van der Waals surface area contributed by atoms with Crippen LogP contribution in [0, 0.1) is 6.92 Å². The first kappa shape index (κ1) is 21.2. The SMILES string of the molecule is COc1ccc(-c2c(C)noc2-c2ccc(OCCN3CCN(C)CC3)cc2O)cc1. The van der Waals surface area contributed by atoms with E-state index in [1.165, 1.54) is 0 Å². The quantitative estimate of drug-likeness (QED) is 0.622. The minimum Gasteiger partial charge on any atom is -0.507 e. The van der Waals surface area contributed by atoms with E-state index in [4.69, 9.17) is 14.0 Å². The maximum atomic E-state index is 10.7. The highest BCUT2D eigenvalue weighted by Gasteiger charge is 2.20. The number of nitrogens with zero attached hydrogens (tertiary/aromatic N) is 3. The molecular formula is C24H29N3O4. The van der Waals surface area contributed by atoms with Gasteiger partial charge in [0.15, 0.2) is 5.76 Å². The van der Waals surface area contributed by atoms with Crippen LogP contribution >= 0.6 is 0 Å². The molecule has 2 heterocycles. The summed E-state index contributed by atoms with van der Waals surface area (Å²) in [5.74, 6) is 2.05. The van der Waals surface area contributed by atoms with E-state index in [2.05, 4.69) is 22.0 Å².